The maximum absolute atomic E-state index is 7.39. The standard InChI is InChI=1S/C82H133ClO12S3/c1-14-26-32-61(20-7)42-84-48-80(49-85-43-62(21-8)33-27-15-2)54-90-69-60(13)96-77(70(69)91-55-80)78-72-71(92-56-81(57-93-72,50-86-44-63(22-9)34-28-16-3)51-87-45-64(23-10)35-29-17-4)75(97-78)67-38-40-68(41-39-67)76-73-74(79(83)98-76)95-59-82(58-94-73,52-88-46-65(24-11)36-30-18-5)53-89-47-66(25-12)37-31-19-6/h38-41,61-66H,14-37,42-59H2,1-13H3. The van der Waals surface area contributed by atoms with Crippen LogP contribution < -0.4 is 28.4 Å². The summed E-state index contributed by atoms with van der Waals surface area (Å²) in [6, 6.07) is 8.74. The highest BCUT2D eigenvalue weighted by molar-refractivity contribution is 7.25. The number of thiophene rings is 3. The first kappa shape index (κ1) is 82.5. The van der Waals surface area contributed by atoms with Crippen LogP contribution in [0, 0.1) is 58.7 Å². The number of fused-ring (bicyclic) bond motifs is 3. The zero-order chi connectivity index (χ0) is 70.2. The molecule has 4 aromatic rings. The maximum Gasteiger partial charge on any atom is 0.191 e. The van der Waals surface area contributed by atoms with Crippen molar-refractivity contribution in [1.82, 2.24) is 0 Å². The minimum atomic E-state index is -0.587. The van der Waals surface area contributed by atoms with Crippen molar-refractivity contribution in [2.45, 2.75) is 244 Å². The highest BCUT2D eigenvalue weighted by atomic mass is 35.5. The van der Waals surface area contributed by atoms with Crippen LogP contribution in [0.5, 0.6) is 34.5 Å². The second-order valence-corrected chi connectivity index (χ2v) is 33.7. The van der Waals surface area contributed by atoms with Crippen LogP contribution in [0.25, 0.3) is 30.6 Å². The first-order valence-electron chi connectivity index (χ1n) is 39.2. The van der Waals surface area contributed by atoms with E-state index in [4.69, 9.17) is 68.4 Å². The van der Waals surface area contributed by atoms with E-state index in [-0.39, 0.29) is 0 Å². The van der Waals surface area contributed by atoms with Gasteiger partial charge in [0, 0.05) is 44.5 Å². The van der Waals surface area contributed by atoms with Crippen LogP contribution in [-0.4, -0.2) is 119 Å². The third-order valence-corrected chi connectivity index (χ3v) is 25.0. The molecular formula is C82H133ClO12S3. The fourth-order valence-corrected chi connectivity index (χ4v) is 17.3. The number of hydrogen-bond donors (Lipinski definition) is 0. The molecule has 0 saturated heterocycles. The average Bonchev–Trinajstić information content (AvgIpc) is 1.60. The van der Waals surface area contributed by atoms with Crippen molar-refractivity contribution in [3.05, 3.63) is 33.5 Å². The summed E-state index contributed by atoms with van der Waals surface area (Å²) < 4.78 is 83.9. The van der Waals surface area contributed by atoms with Crippen molar-refractivity contribution in [1.29, 1.82) is 0 Å². The van der Waals surface area contributed by atoms with Crippen LogP contribution in [0.1, 0.15) is 242 Å². The van der Waals surface area contributed by atoms with Gasteiger partial charge in [-0.25, -0.2) is 0 Å². The SMILES string of the molecule is CCCCC(CC)COCC1(COCC(CC)CCCC)COc2c(C)sc(-c3sc(-c4ccc(-c5sc(Cl)c6c5OCC(COCC(CC)CCCC)(COCC(CC)CCCC)CO6)cc4)c4c3OCC(COCC(CC)CCCC)(COCC(CC)CCCC)CO4)c2OC1. The lowest BCUT2D eigenvalue weighted by Crippen LogP contribution is -2.43. The van der Waals surface area contributed by atoms with Crippen molar-refractivity contribution < 1.29 is 56.8 Å². The molecule has 3 aliphatic heterocycles. The molecule has 0 spiro atoms. The van der Waals surface area contributed by atoms with E-state index in [0.717, 1.165) is 98.4 Å². The molecule has 1 aromatic carbocycles. The third-order valence-electron chi connectivity index (χ3n) is 21.2. The van der Waals surface area contributed by atoms with Crippen molar-refractivity contribution in [3.8, 4) is 65.1 Å². The molecule has 0 bridgehead atoms. The Morgan fingerprint density at radius 1 is 0.327 bits per heavy atom. The summed E-state index contributed by atoms with van der Waals surface area (Å²) >= 11 is 12.1. The lowest BCUT2D eigenvalue weighted by atomic mass is 9.91. The Morgan fingerprint density at radius 2 is 0.561 bits per heavy atom. The molecule has 6 atom stereocenters. The summed E-state index contributed by atoms with van der Waals surface area (Å²) in [6.07, 6.45) is 27.8. The molecule has 3 aromatic heterocycles. The molecule has 0 saturated carbocycles. The molecular weight excluding hydrogens is 1310 g/mol. The number of ether oxygens (including phenoxy) is 12. The van der Waals surface area contributed by atoms with Gasteiger partial charge in [0.05, 0.1) is 75.4 Å². The fourth-order valence-electron chi connectivity index (χ4n) is 13.7. The van der Waals surface area contributed by atoms with Crippen molar-refractivity contribution in [2.75, 3.05) is 119 Å². The molecule has 12 nitrogen and oxygen atoms in total. The van der Waals surface area contributed by atoms with Gasteiger partial charge in [-0.1, -0.05) is 235 Å². The van der Waals surface area contributed by atoms with Crippen LogP contribution in [0.15, 0.2) is 24.3 Å². The van der Waals surface area contributed by atoms with Crippen LogP contribution >= 0.6 is 45.6 Å². The maximum atomic E-state index is 7.39. The van der Waals surface area contributed by atoms with Gasteiger partial charge in [-0.15, -0.1) is 34.0 Å². The lowest BCUT2D eigenvalue weighted by molar-refractivity contribution is -0.0717. The summed E-state index contributed by atoms with van der Waals surface area (Å²) in [4.78, 5) is 4.84. The van der Waals surface area contributed by atoms with E-state index in [9.17, 15) is 0 Å². The first-order valence-corrected chi connectivity index (χ1v) is 42.1. The molecule has 0 radical (unpaired) electrons. The van der Waals surface area contributed by atoms with E-state index in [1.807, 2.05) is 0 Å². The average molecular weight is 1440 g/mol. The number of benzene rings is 1. The van der Waals surface area contributed by atoms with Gasteiger partial charge in [0.25, 0.3) is 0 Å². The van der Waals surface area contributed by atoms with E-state index in [1.165, 1.54) is 114 Å². The number of halogens is 1. The van der Waals surface area contributed by atoms with Gasteiger partial charge in [0.15, 0.2) is 34.5 Å². The topological polar surface area (TPSA) is 111 Å². The van der Waals surface area contributed by atoms with Gasteiger partial charge in [0.2, 0.25) is 0 Å². The van der Waals surface area contributed by atoms with E-state index in [0.29, 0.717) is 182 Å². The summed E-state index contributed by atoms with van der Waals surface area (Å²) in [5.41, 5.74) is 0.336. The molecule has 0 fully saturated rings. The van der Waals surface area contributed by atoms with E-state index in [2.05, 4.69) is 114 Å². The van der Waals surface area contributed by atoms with Crippen molar-refractivity contribution >= 4 is 45.6 Å². The quantitative estimate of drug-likeness (QED) is 0.0420. The third kappa shape index (κ3) is 24.1. The van der Waals surface area contributed by atoms with Gasteiger partial charge in [-0.05, 0) is 92.1 Å². The predicted octanol–water partition coefficient (Wildman–Crippen LogP) is 23.5. The monoisotopic (exact) mass is 1440 g/mol. The second-order valence-electron chi connectivity index (χ2n) is 29.8. The van der Waals surface area contributed by atoms with E-state index in [1.54, 1.807) is 22.7 Å². The van der Waals surface area contributed by atoms with E-state index < -0.39 is 16.2 Å². The zero-order valence-electron chi connectivity index (χ0n) is 63.5. The number of rotatable bonds is 51. The van der Waals surface area contributed by atoms with Crippen LogP contribution in [-0.2, 0) is 28.4 Å². The second kappa shape index (κ2) is 44.1. The Hall–Kier alpha value is -2.83. The Morgan fingerprint density at radius 3 is 0.847 bits per heavy atom. The molecule has 558 valence electrons. The largest absolute Gasteiger partial charge is 0.488 e. The zero-order valence-corrected chi connectivity index (χ0v) is 66.7. The van der Waals surface area contributed by atoms with Crippen molar-refractivity contribution in [3.63, 3.8) is 0 Å². The summed E-state index contributed by atoms with van der Waals surface area (Å²) in [6.45, 7) is 38.8. The number of hydrogen-bond acceptors (Lipinski definition) is 15. The highest BCUT2D eigenvalue weighted by Gasteiger charge is 2.44. The van der Waals surface area contributed by atoms with Gasteiger partial charge in [0.1, 0.15) is 44.0 Å². The summed E-state index contributed by atoms with van der Waals surface area (Å²) in [7, 11) is 0. The van der Waals surface area contributed by atoms with Gasteiger partial charge < -0.3 is 56.8 Å². The van der Waals surface area contributed by atoms with E-state index >= 15 is 0 Å². The summed E-state index contributed by atoms with van der Waals surface area (Å²) in [5.74, 6) is 7.20. The predicted molar refractivity (Wildman–Crippen MR) is 411 cm³/mol. The minimum absolute atomic E-state index is 0.359. The minimum Gasteiger partial charge on any atom is -0.488 e. The number of unbranched alkanes of at least 4 members (excludes halogenated alkanes) is 6. The van der Waals surface area contributed by atoms with Crippen LogP contribution in [0.3, 0.4) is 0 Å². The summed E-state index contributed by atoms with van der Waals surface area (Å²) in [5, 5.41) is 0. The van der Waals surface area contributed by atoms with Crippen molar-refractivity contribution in [2.24, 2.45) is 51.8 Å². The highest BCUT2D eigenvalue weighted by Crippen LogP contribution is 2.61. The normalized spacial score (nSPS) is 20.3. The first-order chi connectivity index (χ1) is 47.8. The Kier molecular flexibility index (Phi) is 37.1. The molecule has 0 N–H and O–H groups in total. The Bertz CT molecular complexity index is 2750. The molecule has 98 heavy (non-hydrogen) atoms. The molecule has 6 heterocycles. The Labute approximate surface area is 612 Å². The number of aryl methyl sites for hydroxylation is 1. The Balaban J connectivity index is 1.25. The van der Waals surface area contributed by atoms with Gasteiger partial charge in [-0.3, -0.25) is 0 Å². The molecule has 0 amide bonds. The van der Waals surface area contributed by atoms with Crippen LogP contribution in [0.4, 0.5) is 0 Å². The van der Waals surface area contributed by atoms with Gasteiger partial charge in [-0.2, -0.15) is 0 Å². The molecule has 7 rings (SSSR count). The fraction of sp³-hybridized carbons (Fsp3) is 0.780. The molecule has 16 heteroatoms. The lowest BCUT2D eigenvalue weighted by Gasteiger charge is -2.32. The molecule has 0 aliphatic carbocycles. The molecule has 6 unspecified atom stereocenters. The van der Waals surface area contributed by atoms with Gasteiger partial charge >= 0.3 is 0 Å². The van der Waals surface area contributed by atoms with Crippen LogP contribution in [0.2, 0.25) is 4.34 Å². The molecule has 3 aliphatic rings. The smallest absolute Gasteiger partial charge is 0.191 e.